The number of nitrogens with zero attached hydrogens (tertiary/aromatic N) is 3. The summed E-state index contributed by atoms with van der Waals surface area (Å²) >= 11 is 0. The molecule has 0 aliphatic carbocycles. The molecular weight excluding hydrogens is 410 g/mol. The number of pyridine rings is 1. The van der Waals surface area contributed by atoms with Gasteiger partial charge < -0.3 is 24.1 Å². The molecule has 0 spiro atoms. The third-order valence-electron chi connectivity index (χ3n) is 5.17. The van der Waals surface area contributed by atoms with Crippen LogP contribution in [-0.4, -0.2) is 53.5 Å². The maximum absolute atomic E-state index is 12.5. The second-order valence-corrected chi connectivity index (χ2v) is 7.12. The summed E-state index contributed by atoms with van der Waals surface area (Å²) in [5.74, 6) is 1.32. The zero-order chi connectivity index (χ0) is 22.5. The smallest absolute Gasteiger partial charge is 0.269 e. The Morgan fingerprint density at radius 2 is 1.88 bits per heavy atom. The van der Waals surface area contributed by atoms with Crippen molar-refractivity contribution in [3.63, 3.8) is 0 Å². The number of H-pyrrole nitrogens is 1. The van der Waals surface area contributed by atoms with Gasteiger partial charge in [0.2, 0.25) is 5.75 Å². The molecule has 166 valence electrons. The number of amides is 1. The highest BCUT2D eigenvalue weighted by molar-refractivity contribution is 5.93. The highest BCUT2D eigenvalue weighted by Gasteiger charge is 2.17. The first-order chi connectivity index (χ1) is 15.6. The molecule has 0 fully saturated rings. The summed E-state index contributed by atoms with van der Waals surface area (Å²) in [6.07, 6.45) is 4.57. The lowest BCUT2D eigenvalue weighted by Crippen LogP contribution is -2.25. The van der Waals surface area contributed by atoms with Gasteiger partial charge in [-0.2, -0.15) is 5.10 Å². The van der Waals surface area contributed by atoms with E-state index in [1.807, 2.05) is 24.4 Å². The maximum Gasteiger partial charge on any atom is 0.269 e. The first kappa shape index (κ1) is 21.2. The molecule has 0 saturated heterocycles. The fourth-order valence-corrected chi connectivity index (χ4v) is 3.56. The minimum absolute atomic E-state index is 0.216. The molecule has 32 heavy (non-hydrogen) atoms. The second kappa shape index (κ2) is 9.42. The predicted octanol–water partition coefficient (Wildman–Crippen LogP) is 3.27. The summed E-state index contributed by atoms with van der Waals surface area (Å²) in [5, 5.41) is 11.1. The van der Waals surface area contributed by atoms with E-state index in [2.05, 4.69) is 25.1 Å². The van der Waals surface area contributed by atoms with Crippen LogP contribution >= 0.6 is 0 Å². The molecule has 0 aliphatic heterocycles. The van der Waals surface area contributed by atoms with Crippen molar-refractivity contribution in [2.45, 2.75) is 13.0 Å². The van der Waals surface area contributed by atoms with Crippen molar-refractivity contribution in [2.24, 2.45) is 0 Å². The number of hydrogen-bond donors (Lipinski definition) is 2. The molecule has 4 aromatic rings. The number of aryl methyl sites for hydroxylation is 1. The van der Waals surface area contributed by atoms with Crippen LogP contribution in [0.3, 0.4) is 0 Å². The zero-order valence-corrected chi connectivity index (χ0v) is 18.2. The maximum atomic E-state index is 12.5. The van der Waals surface area contributed by atoms with Crippen molar-refractivity contribution < 1.29 is 19.0 Å². The number of carbonyl (C=O) groups is 1. The van der Waals surface area contributed by atoms with Crippen molar-refractivity contribution in [1.29, 1.82) is 0 Å². The van der Waals surface area contributed by atoms with Gasteiger partial charge in [-0.05, 0) is 42.8 Å². The van der Waals surface area contributed by atoms with Gasteiger partial charge in [0, 0.05) is 36.4 Å². The molecule has 4 rings (SSSR count). The lowest BCUT2D eigenvalue weighted by atomic mass is 10.1. The van der Waals surface area contributed by atoms with E-state index >= 15 is 0 Å². The topological polar surface area (TPSA) is 103 Å². The number of ether oxygens (including phenoxy) is 3. The Kier molecular flexibility index (Phi) is 6.25. The zero-order valence-electron chi connectivity index (χ0n) is 18.2. The van der Waals surface area contributed by atoms with Crippen LogP contribution in [0.4, 0.5) is 0 Å². The first-order valence-electron chi connectivity index (χ1n) is 10.2. The SMILES string of the molecule is COc1cc(-c2cc(C(=O)NCCCn3ccc4cccnc43)[nH]n2)cc(OC)c1OC. The Hall–Kier alpha value is -4.01. The number of benzene rings is 1. The number of aromatic nitrogens is 4. The molecular formula is C23H25N5O4. The van der Waals surface area contributed by atoms with Crippen molar-refractivity contribution in [3.05, 3.63) is 54.5 Å². The van der Waals surface area contributed by atoms with Gasteiger partial charge in [0.15, 0.2) is 11.5 Å². The molecule has 2 N–H and O–H groups in total. The van der Waals surface area contributed by atoms with Crippen LogP contribution in [-0.2, 0) is 6.54 Å². The minimum Gasteiger partial charge on any atom is -0.493 e. The van der Waals surface area contributed by atoms with E-state index in [0.29, 0.717) is 35.2 Å². The Morgan fingerprint density at radius 3 is 2.59 bits per heavy atom. The lowest BCUT2D eigenvalue weighted by Gasteiger charge is -2.13. The van der Waals surface area contributed by atoms with Crippen molar-refractivity contribution in [3.8, 4) is 28.5 Å². The number of aromatic amines is 1. The van der Waals surface area contributed by atoms with Crippen LogP contribution in [0.1, 0.15) is 16.9 Å². The van der Waals surface area contributed by atoms with E-state index in [9.17, 15) is 4.79 Å². The van der Waals surface area contributed by atoms with E-state index in [4.69, 9.17) is 14.2 Å². The molecule has 0 atom stereocenters. The third-order valence-corrected chi connectivity index (χ3v) is 5.17. The Labute approximate surface area is 185 Å². The summed E-state index contributed by atoms with van der Waals surface area (Å²) < 4.78 is 18.2. The quantitative estimate of drug-likeness (QED) is 0.391. The number of fused-ring (bicyclic) bond motifs is 1. The van der Waals surface area contributed by atoms with E-state index in [1.165, 1.54) is 0 Å². The summed E-state index contributed by atoms with van der Waals surface area (Å²) in [6, 6.07) is 11.3. The van der Waals surface area contributed by atoms with Crippen molar-refractivity contribution in [2.75, 3.05) is 27.9 Å². The lowest BCUT2D eigenvalue weighted by molar-refractivity contribution is 0.0947. The van der Waals surface area contributed by atoms with Crippen LogP contribution in [0, 0.1) is 0 Å². The van der Waals surface area contributed by atoms with E-state index in [1.54, 1.807) is 45.7 Å². The summed E-state index contributed by atoms with van der Waals surface area (Å²) in [4.78, 5) is 16.9. The number of nitrogens with one attached hydrogen (secondary N) is 2. The molecule has 1 aromatic carbocycles. The van der Waals surface area contributed by atoms with Crippen molar-refractivity contribution in [1.82, 2.24) is 25.1 Å². The molecule has 3 aromatic heterocycles. The molecule has 3 heterocycles. The van der Waals surface area contributed by atoms with E-state index in [0.717, 1.165) is 29.6 Å². The average molecular weight is 435 g/mol. The first-order valence-corrected chi connectivity index (χ1v) is 10.2. The molecule has 0 unspecified atom stereocenters. The van der Waals surface area contributed by atoms with Crippen LogP contribution in [0.5, 0.6) is 17.2 Å². The molecule has 0 saturated carbocycles. The molecule has 0 bridgehead atoms. The second-order valence-electron chi connectivity index (χ2n) is 7.12. The van der Waals surface area contributed by atoms with Crippen LogP contribution in [0.2, 0.25) is 0 Å². The Bertz CT molecular complexity index is 1210. The van der Waals surface area contributed by atoms with Gasteiger partial charge >= 0.3 is 0 Å². The highest BCUT2D eigenvalue weighted by Crippen LogP contribution is 2.40. The van der Waals surface area contributed by atoms with E-state index < -0.39 is 0 Å². The third kappa shape index (κ3) is 4.22. The Morgan fingerprint density at radius 1 is 1.09 bits per heavy atom. The standard InChI is InChI=1S/C23H25N5O4/c1-30-19-12-16(13-20(31-2)21(19)32-3)17-14-18(27-26-17)23(29)25-9-5-10-28-11-7-15-6-4-8-24-22(15)28/h4,6-8,11-14H,5,9-10H2,1-3H3,(H,25,29)(H,26,27). The largest absolute Gasteiger partial charge is 0.493 e. The van der Waals surface area contributed by atoms with Gasteiger partial charge in [0.05, 0.1) is 27.0 Å². The van der Waals surface area contributed by atoms with Gasteiger partial charge in [-0.25, -0.2) is 4.98 Å². The van der Waals surface area contributed by atoms with E-state index in [-0.39, 0.29) is 5.91 Å². The summed E-state index contributed by atoms with van der Waals surface area (Å²) in [6.45, 7) is 1.30. The van der Waals surface area contributed by atoms with Crippen LogP contribution in [0.15, 0.2) is 48.8 Å². The fourth-order valence-electron chi connectivity index (χ4n) is 3.56. The molecule has 0 aliphatic rings. The summed E-state index contributed by atoms with van der Waals surface area (Å²) in [7, 11) is 4.65. The molecule has 1 amide bonds. The van der Waals surface area contributed by atoms with Gasteiger partial charge in [0.1, 0.15) is 11.3 Å². The molecule has 0 radical (unpaired) electrons. The van der Waals surface area contributed by atoms with Gasteiger partial charge in [0.25, 0.3) is 5.91 Å². The summed E-state index contributed by atoms with van der Waals surface area (Å²) in [5.41, 5.74) is 2.66. The fraction of sp³-hybridized carbons (Fsp3) is 0.261. The van der Waals surface area contributed by atoms with Crippen LogP contribution in [0.25, 0.3) is 22.3 Å². The highest BCUT2D eigenvalue weighted by atomic mass is 16.5. The molecule has 9 nitrogen and oxygen atoms in total. The minimum atomic E-state index is -0.216. The number of methoxy groups -OCH3 is 3. The van der Waals surface area contributed by atoms with Gasteiger partial charge in [-0.1, -0.05) is 0 Å². The van der Waals surface area contributed by atoms with Crippen LogP contribution < -0.4 is 19.5 Å². The normalized spacial score (nSPS) is 10.8. The van der Waals surface area contributed by atoms with Gasteiger partial charge in [-0.15, -0.1) is 0 Å². The monoisotopic (exact) mass is 435 g/mol. The number of carbonyl (C=O) groups excluding carboxylic acids is 1. The van der Waals surface area contributed by atoms with Gasteiger partial charge in [-0.3, -0.25) is 9.89 Å². The number of rotatable bonds is 9. The molecule has 9 heteroatoms. The van der Waals surface area contributed by atoms with Crippen molar-refractivity contribution >= 4 is 16.9 Å². The average Bonchev–Trinajstić information content (AvgIpc) is 3.48. The predicted molar refractivity (Wildman–Crippen MR) is 120 cm³/mol. The number of hydrogen-bond acceptors (Lipinski definition) is 6. The Balaban J connectivity index is 1.38.